The van der Waals surface area contributed by atoms with Crippen LogP contribution >= 0.6 is 0 Å². The molecule has 1 rings (SSSR count). The predicted molar refractivity (Wildman–Crippen MR) is 91.6 cm³/mol. The maximum absolute atomic E-state index is 9.98. The largest absolute Gasteiger partial charge is 0.394 e. The first kappa shape index (κ1) is 18.9. The molecule has 1 saturated carbocycles. The van der Waals surface area contributed by atoms with Gasteiger partial charge in [0.25, 0.3) is 0 Å². The van der Waals surface area contributed by atoms with E-state index in [1.165, 1.54) is 25.8 Å². The van der Waals surface area contributed by atoms with Crippen LogP contribution in [0.4, 0.5) is 0 Å². The van der Waals surface area contributed by atoms with Gasteiger partial charge in [0, 0.05) is 24.2 Å². The number of hydrogen-bond donors (Lipinski definition) is 2. The third-order valence-corrected chi connectivity index (χ3v) is 4.91. The topological polar surface area (TPSA) is 35.5 Å². The number of rotatable bonds is 9. The highest BCUT2D eigenvalue weighted by Crippen LogP contribution is 2.38. The number of aliphatic hydroxyl groups excluding tert-OH is 1. The van der Waals surface area contributed by atoms with Gasteiger partial charge in [0.05, 0.1) is 6.61 Å². The minimum absolute atomic E-state index is 0.0331. The summed E-state index contributed by atoms with van der Waals surface area (Å²) in [6.07, 6.45) is 4.83. The van der Waals surface area contributed by atoms with Crippen molar-refractivity contribution in [1.82, 2.24) is 10.2 Å². The van der Waals surface area contributed by atoms with Crippen molar-refractivity contribution < 1.29 is 5.11 Å². The summed E-state index contributed by atoms with van der Waals surface area (Å²) in [5, 5.41) is 13.7. The van der Waals surface area contributed by atoms with Crippen LogP contribution in [-0.2, 0) is 0 Å². The van der Waals surface area contributed by atoms with E-state index >= 15 is 0 Å². The Kier molecular flexibility index (Phi) is 7.66. The van der Waals surface area contributed by atoms with Gasteiger partial charge in [-0.05, 0) is 51.5 Å². The maximum atomic E-state index is 9.98. The van der Waals surface area contributed by atoms with Gasteiger partial charge >= 0.3 is 0 Å². The minimum atomic E-state index is -0.0331. The smallest absolute Gasteiger partial charge is 0.0616 e. The SMILES string of the molecule is CC(C)CN(CCC1CCCC1(CO)NC(C)C)C(C)C. The normalized spacial score (nSPS) is 26.7. The van der Waals surface area contributed by atoms with E-state index in [2.05, 4.69) is 51.8 Å². The van der Waals surface area contributed by atoms with E-state index in [4.69, 9.17) is 0 Å². The van der Waals surface area contributed by atoms with Crippen molar-refractivity contribution in [3.63, 3.8) is 0 Å². The van der Waals surface area contributed by atoms with Crippen molar-refractivity contribution in [2.24, 2.45) is 11.8 Å². The summed E-state index contributed by atoms with van der Waals surface area (Å²) < 4.78 is 0. The first-order chi connectivity index (χ1) is 9.80. The summed E-state index contributed by atoms with van der Waals surface area (Å²) in [6, 6.07) is 1.05. The van der Waals surface area contributed by atoms with E-state index in [0.29, 0.717) is 23.9 Å². The zero-order valence-corrected chi connectivity index (χ0v) is 15.2. The van der Waals surface area contributed by atoms with Gasteiger partial charge in [-0.2, -0.15) is 0 Å². The molecule has 0 aliphatic heterocycles. The fourth-order valence-electron chi connectivity index (χ4n) is 3.93. The van der Waals surface area contributed by atoms with Gasteiger partial charge < -0.3 is 15.3 Å². The number of nitrogens with zero attached hydrogens (tertiary/aromatic N) is 1. The lowest BCUT2D eigenvalue weighted by Crippen LogP contribution is -2.54. The Morgan fingerprint density at radius 1 is 1.19 bits per heavy atom. The summed E-state index contributed by atoms with van der Waals surface area (Å²) in [6.45, 7) is 16.2. The van der Waals surface area contributed by atoms with E-state index in [9.17, 15) is 5.11 Å². The molecule has 2 unspecified atom stereocenters. The third-order valence-electron chi connectivity index (χ3n) is 4.91. The molecule has 1 fully saturated rings. The molecular weight excluding hydrogens is 260 g/mol. The van der Waals surface area contributed by atoms with Crippen molar-refractivity contribution in [3.05, 3.63) is 0 Å². The van der Waals surface area contributed by atoms with E-state index in [1.54, 1.807) is 0 Å². The summed E-state index contributed by atoms with van der Waals surface area (Å²) in [4.78, 5) is 2.60. The molecule has 2 atom stereocenters. The van der Waals surface area contributed by atoms with Gasteiger partial charge in [-0.25, -0.2) is 0 Å². The van der Waals surface area contributed by atoms with Gasteiger partial charge in [-0.15, -0.1) is 0 Å². The predicted octanol–water partition coefficient (Wildman–Crippen LogP) is 3.27. The number of aliphatic hydroxyl groups is 1. The average molecular weight is 299 g/mol. The van der Waals surface area contributed by atoms with E-state index < -0.39 is 0 Å². The Balaban J connectivity index is 2.62. The summed E-state index contributed by atoms with van der Waals surface area (Å²) in [5.41, 5.74) is -0.0331. The monoisotopic (exact) mass is 298 g/mol. The second kappa shape index (κ2) is 8.50. The zero-order chi connectivity index (χ0) is 16.0. The van der Waals surface area contributed by atoms with Gasteiger partial charge in [-0.3, -0.25) is 0 Å². The first-order valence-electron chi connectivity index (χ1n) is 8.93. The van der Waals surface area contributed by atoms with Crippen molar-refractivity contribution in [1.29, 1.82) is 0 Å². The molecule has 0 heterocycles. The van der Waals surface area contributed by atoms with Crippen molar-refractivity contribution in [2.45, 2.75) is 84.8 Å². The molecule has 2 N–H and O–H groups in total. The van der Waals surface area contributed by atoms with Crippen LogP contribution in [0.5, 0.6) is 0 Å². The molecular formula is C18H38N2O. The lowest BCUT2D eigenvalue weighted by Gasteiger charge is -2.38. The molecule has 0 aromatic heterocycles. The van der Waals surface area contributed by atoms with Crippen LogP contribution in [0.2, 0.25) is 0 Å². The molecule has 3 heteroatoms. The highest BCUT2D eigenvalue weighted by Gasteiger charge is 2.42. The Labute approximate surface area is 132 Å². The van der Waals surface area contributed by atoms with Crippen molar-refractivity contribution in [2.75, 3.05) is 19.7 Å². The first-order valence-corrected chi connectivity index (χ1v) is 8.93. The molecule has 0 aromatic rings. The van der Waals surface area contributed by atoms with Gasteiger partial charge in [0.15, 0.2) is 0 Å². The third kappa shape index (κ3) is 5.54. The zero-order valence-electron chi connectivity index (χ0n) is 15.2. The molecule has 0 spiro atoms. The minimum Gasteiger partial charge on any atom is -0.394 e. The van der Waals surface area contributed by atoms with Crippen LogP contribution in [-0.4, -0.2) is 47.3 Å². The van der Waals surface area contributed by atoms with Crippen LogP contribution in [0.25, 0.3) is 0 Å². The number of nitrogens with one attached hydrogen (secondary N) is 1. The Morgan fingerprint density at radius 2 is 1.86 bits per heavy atom. The summed E-state index contributed by atoms with van der Waals surface area (Å²) in [7, 11) is 0. The molecule has 1 aliphatic rings. The second-order valence-corrected chi connectivity index (χ2v) is 7.97. The van der Waals surface area contributed by atoms with Crippen LogP contribution in [0.1, 0.15) is 67.2 Å². The summed E-state index contributed by atoms with van der Waals surface area (Å²) in [5.74, 6) is 1.32. The van der Waals surface area contributed by atoms with Crippen LogP contribution < -0.4 is 5.32 Å². The van der Waals surface area contributed by atoms with Crippen molar-refractivity contribution >= 4 is 0 Å². The molecule has 0 aromatic carbocycles. The second-order valence-electron chi connectivity index (χ2n) is 7.97. The molecule has 126 valence electrons. The van der Waals surface area contributed by atoms with E-state index in [1.807, 2.05) is 0 Å². The molecule has 3 nitrogen and oxygen atoms in total. The fourth-order valence-corrected chi connectivity index (χ4v) is 3.93. The van der Waals surface area contributed by atoms with Crippen molar-refractivity contribution in [3.8, 4) is 0 Å². The average Bonchev–Trinajstić information content (AvgIpc) is 2.76. The van der Waals surface area contributed by atoms with E-state index in [0.717, 1.165) is 13.0 Å². The molecule has 0 saturated heterocycles. The van der Waals surface area contributed by atoms with Gasteiger partial charge in [-0.1, -0.05) is 34.1 Å². The van der Waals surface area contributed by atoms with Gasteiger partial charge in [0.2, 0.25) is 0 Å². The van der Waals surface area contributed by atoms with Crippen LogP contribution in [0, 0.1) is 11.8 Å². The molecule has 0 radical (unpaired) electrons. The fraction of sp³-hybridized carbons (Fsp3) is 1.00. The van der Waals surface area contributed by atoms with Crippen LogP contribution in [0.15, 0.2) is 0 Å². The molecule has 21 heavy (non-hydrogen) atoms. The Bertz CT molecular complexity index is 291. The van der Waals surface area contributed by atoms with E-state index in [-0.39, 0.29) is 12.1 Å². The Hall–Kier alpha value is -0.120. The highest BCUT2D eigenvalue weighted by atomic mass is 16.3. The standard InChI is InChI=1S/C18H38N2O/c1-14(2)12-20(16(5)6)11-9-17-8-7-10-18(17,13-21)19-15(3)4/h14-17,19,21H,7-13H2,1-6H3. The molecule has 0 amide bonds. The Morgan fingerprint density at radius 3 is 2.33 bits per heavy atom. The summed E-state index contributed by atoms with van der Waals surface area (Å²) >= 11 is 0. The lowest BCUT2D eigenvalue weighted by molar-refractivity contribution is 0.0971. The van der Waals surface area contributed by atoms with Gasteiger partial charge in [0.1, 0.15) is 0 Å². The highest BCUT2D eigenvalue weighted by molar-refractivity contribution is 5.00. The number of hydrogen-bond acceptors (Lipinski definition) is 3. The lowest BCUT2D eigenvalue weighted by atomic mass is 9.84. The maximum Gasteiger partial charge on any atom is 0.0616 e. The molecule has 1 aliphatic carbocycles. The van der Waals surface area contributed by atoms with Crippen LogP contribution in [0.3, 0.4) is 0 Å². The molecule has 0 bridgehead atoms. The quantitative estimate of drug-likeness (QED) is 0.686.